The van der Waals surface area contributed by atoms with E-state index in [0.29, 0.717) is 28.8 Å². The predicted octanol–water partition coefficient (Wildman–Crippen LogP) is 5.55. The van der Waals surface area contributed by atoms with Crippen LogP contribution in [0.25, 0.3) is 34.2 Å². The average Bonchev–Trinajstić information content (AvgIpc) is 2.91. The van der Waals surface area contributed by atoms with Crippen LogP contribution in [0.4, 0.5) is 0 Å². The summed E-state index contributed by atoms with van der Waals surface area (Å²) in [5.41, 5.74) is 2.15. The molecule has 0 radical (unpaired) electrons. The van der Waals surface area contributed by atoms with Gasteiger partial charge in [-0.25, -0.2) is 15.0 Å². The van der Waals surface area contributed by atoms with Crippen molar-refractivity contribution in [2.24, 2.45) is 5.92 Å². The molecule has 1 aromatic heterocycles. The maximum absolute atomic E-state index is 11.8. The van der Waals surface area contributed by atoms with Gasteiger partial charge in [-0.2, -0.15) is 0 Å². The lowest BCUT2D eigenvalue weighted by molar-refractivity contribution is -0.148. The van der Waals surface area contributed by atoms with Crippen molar-refractivity contribution < 1.29 is 19.4 Å². The summed E-state index contributed by atoms with van der Waals surface area (Å²) >= 11 is 0. The molecule has 7 heteroatoms. The first-order chi connectivity index (χ1) is 17.0. The minimum absolute atomic E-state index is 0.0247. The van der Waals surface area contributed by atoms with E-state index in [4.69, 9.17) is 9.47 Å². The Labute approximate surface area is 204 Å². The first kappa shape index (κ1) is 23.9. The quantitative estimate of drug-likeness (QED) is 0.254. The molecule has 0 amide bonds. The molecule has 0 aliphatic carbocycles. The Bertz CT molecular complexity index is 1220. The second kappa shape index (κ2) is 11.2. The number of phenolic OH excluding ortho intramolecular Hbond substituents is 1. The number of benzene rings is 3. The van der Waals surface area contributed by atoms with Gasteiger partial charge in [0.25, 0.3) is 0 Å². The molecule has 7 nitrogen and oxygen atoms in total. The molecule has 4 rings (SSSR count). The maximum Gasteiger partial charge on any atom is 0.308 e. The van der Waals surface area contributed by atoms with Gasteiger partial charge in [-0.1, -0.05) is 74.5 Å². The SMILES string of the molecule is CCC(C)C(=O)OCCOc1ccc(-c2nc(-c3ccccc3)nc(-c3ccccc3)n2)c(O)c1. The molecule has 0 aliphatic heterocycles. The van der Waals surface area contributed by atoms with Crippen molar-refractivity contribution in [1.82, 2.24) is 15.0 Å². The van der Waals surface area contributed by atoms with Crippen molar-refractivity contribution in [2.45, 2.75) is 20.3 Å². The van der Waals surface area contributed by atoms with Crippen molar-refractivity contribution in [3.8, 4) is 45.7 Å². The van der Waals surface area contributed by atoms with Gasteiger partial charge in [0, 0.05) is 17.2 Å². The summed E-state index contributed by atoms with van der Waals surface area (Å²) in [4.78, 5) is 25.7. The van der Waals surface area contributed by atoms with E-state index in [0.717, 1.165) is 17.5 Å². The third-order valence-corrected chi connectivity index (χ3v) is 5.52. The van der Waals surface area contributed by atoms with E-state index < -0.39 is 0 Å². The van der Waals surface area contributed by atoms with E-state index in [1.54, 1.807) is 12.1 Å². The molecule has 0 bridgehead atoms. The van der Waals surface area contributed by atoms with Crippen LogP contribution in [0.5, 0.6) is 11.5 Å². The fourth-order valence-corrected chi connectivity index (χ4v) is 3.33. The van der Waals surface area contributed by atoms with Crippen LogP contribution in [0.1, 0.15) is 20.3 Å². The van der Waals surface area contributed by atoms with E-state index in [1.807, 2.05) is 74.5 Å². The third kappa shape index (κ3) is 6.00. The zero-order valence-corrected chi connectivity index (χ0v) is 19.7. The Morgan fingerprint density at radius 3 is 1.94 bits per heavy atom. The monoisotopic (exact) mass is 469 g/mol. The number of hydrogen-bond acceptors (Lipinski definition) is 7. The fraction of sp³-hybridized carbons (Fsp3) is 0.214. The second-order valence-electron chi connectivity index (χ2n) is 8.04. The van der Waals surface area contributed by atoms with Crippen LogP contribution in [-0.4, -0.2) is 39.2 Å². The number of hydrogen-bond donors (Lipinski definition) is 1. The zero-order valence-electron chi connectivity index (χ0n) is 19.7. The zero-order chi connectivity index (χ0) is 24.6. The number of ether oxygens (including phenoxy) is 2. The fourth-order valence-electron chi connectivity index (χ4n) is 3.33. The van der Waals surface area contributed by atoms with Gasteiger partial charge >= 0.3 is 5.97 Å². The third-order valence-electron chi connectivity index (χ3n) is 5.52. The number of nitrogens with zero attached hydrogens (tertiary/aromatic N) is 3. The maximum atomic E-state index is 11.8. The number of rotatable bonds is 9. The molecule has 0 saturated heterocycles. The largest absolute Gasteiger partial charge is 0.507 e. The van der Waals surface area contributed by atoms with Crippen molar-refractivity contribution in [2.75, 3.05) is 13.2 Å². The van der Waals surface area contributed by atoms with E-state index in [1.165, 1.54) is 6.07 Å². The molecular weight excluding hydrogens is 442 g/mol. The van der Waals surface area contributed by atoms with E-state index in [-0.39, 0.29) is 30.9 Å². The molecule has 0 saturated carbocycles. The van der Waals surface area contributed by atoms with E-state index >= 15 is 0 Å². The molecule has 1 N–H and O–H groups in total. The topological polar surface area (TPSA) is 94.4 Å². The van der Waals surface area contributed by atoms with Crippen LogP contribution in [0.3, 0.4) is 0 Å². The van der Waals surface area contributed by atoms with Crippen LogP contribution >= 0.6 is 0 Å². The summed E-state index contributed by atoms with van der Waals surface area (Å²) in [5, 5.41) is 10.8. The predicted molar refractivity (Wildman–Crippen MR) is 134 cm³/mol. The summed E-state index contributed by atoms with van der Waals surface area (Å²) in [6, 6.07) is 24.2. The first-order valence-corrected chi connectivity index (χ1v) is 11.5. The van der Waals surface area contributed by atoms with E-state index in [2.05, 4.69) is 15.0 Å². The molecule has 178 valence electrons. The number of carbonyl (C=O) groups excluding carboxylic acids is 1. The molecule has 3 aromatic carbocycles. The lowest BCUT2D eigenvalue weighted by atomic mass is 10.1. The van der Waals surface area contributed by atoms with Crippen LogP contribution < -0.4 is 4.74 Å². The minimum Gasteiger partial charge on any atom is -0.507 e. The summed E-state index contributed by atoms with van der Waals surface area (Å²) in [7, 11) is 0. The van der Waals surface area contributed by atoms with Crippen LogP contribution in [-0.2, 0) is 9.53 Å². The highest BCUT2D eigenvalue weighted by Crippen LogP contribution is 2.32. The highest BCUT2D eigenvalue weighted by Gasteiger charge is 2.15. The van der Waals surface area contributed by atoms with Gasteiger partial charge < -0.3 is 14.6 Å². The van der Waals surface area contributed by atoms with Gasteiger partial charge in [-0.3, -0.25) is 4.79 Å². The molecule has 1 heterocycles. The molecule has 0 aliphatic rings. The molecule has 35 heavy (non-hydrogen) atoms. The number of aromatic hydroxyl groups is 1. The van der Waals surface area contributed by atoms with Gasteiger partial charge in [0.1, 0.15) is 24.7 Å². The average molecular weight is 470 g/mol. The van der Waals surface area contributed by atoms with Crippen molar-refractivity contribution >= 4 is 5.97 Å². The summed E-state index contributed by atoms with van der Waals surface area (Å²) in [6.07, 6.45) is 0.726. The minimum atomic E-state index is -0.243. The van der Waals surface area contributed by atoms with Gasteiger partial charge in [0.2, 0.25) is 0 Å². The summed E-state index contributed by atoms with van der Waals surface area (Å²) in [6.45, 7) is 4.08. The Kier molecular flexibility index (Phi) is 7.67. The lowest BCUT2D eigenvalue weighted by Gasteiger charge is -2.12. The number of carbonyl (C=O) groups is 1. The molecule has 0 fully saturated rings. The molecule has 1 unspecified atom stereocenters. The lowest BCUT2D eigenvalue weighted by Crippen LogP contribution is -2.17. The smallest absolute Gasteiger partial charge is 0.308 e. The van der Waals surface area contributed by atoms with Crippen LogP contribution in [0.2, 0.25) is 0 Å². The number of esters is 1. The standard InChI is InChI=1S/C28H27N3O4/c1-3-19(2)28(33)35-17-16-34-22-14-15-23(24(32)18-22)27-30-25(20-10-6-4-7-11-20)29-26(31-27)21-12-8-5-9-13-21/h4-15,18-19,32H,3,16-17H2,1-2H3. The van der Waals surface area contributed by atoms with Gasteiger partial charge in [0.15, 0.2) is 17.5 Å². The second-order valence-corrected chi connectivity index (χ2v) is 8.04. The normalized spacial score (nSPS) is 11.6. The van der Waals surface area contributed by atoms with Crippen LogP contribution in [0.15, 0.2) is 78.9 Å². The van der Waals surface area contributed by atoms with Crippen LogP contribution in [0, 0.1) is 5.92 Å². The highest BCUT2D eigenvalue weighted by atomic mass is 16.6. The van der Waals surface area contributed by atoms with Gasteiger partial charge in [-0.15, -0.1) is 0 Å². The molecular formula is C28H27N3O4. The van der Waals surface area contributed by atoms with E-state index in [9.17, 15) is 9.90 Å². The molecule has 4 aromatic rings. The Morgan fingerprint density at radius 2 is 1.40 bits per heavy atom. The number of phenols is 1. The number of aromatic nitrogens is 3. The van der Waals surface area contributed by atoms with Gasteiger partial charge in [0.05, 0.1) is 11.5 Å². The Balaban J connectivity index is 1.57. The van der Waals surface area contributed by atoms with Gasteiger partial charge in [-0.05, 0) is 18.6 Å². The Hall–Kier alpha value is -4.26. The van der Waals surface area contributed by atoms with Crippen molar-refractivity contribution in [3.05, 3.63) is 78.9 Å². The summed E-state index contributed by atoms with van der Waals surface area (Å²) < 4.78 is 10.8. The highest BCUT2D eigenvalue weighted by molar-refractivity contribution is 5.72. The first-order valence-electron chi connectivity index (χ1n) is 11.5. The molecule has 1 atom stereocenters. The summed E-state index contributed by atoms with van der Waals surface area (Å²) in [5.74, 6) is 1.42. The molecule has 0 spiro atoms. The van der Waals surface area contributed by atoms with Crippen molar-refractivity contribution in [1.29, 1.82) is 0 Å². The Morgan fingerprint density at radius 1 is 0.829 bits per heavy atom. The van der Waals surface area contributed by atoms with Crippen molar-refractivity contribution in [3.63, 3.8) is 0 Å².